The average Bonchev–Trinajstić information content (AvgIpc) is 3.35. The Hall–Kier alpha value is -3.14. The number of nitro groups is 1. The Kier molecular flexibility index (Phi) is 7.02. The molecule has 0 radical (unpaired) electrons. The Balaban J connectivity index is 1.48. The molecule has 1 fully saturated rings. The number of nitrogens with one attached hydrogen (secondary N) is 1. The molecule has 0 saturated carbocycles. The van der Waals surface area contributed by atoms with Crippen molar-refractivity contribution in [2.45, 2.75) is 28.1 Å². The van der Waals surface area contributed by atoms with Crippen LogP contribution in [0.3, 0.4) is 0 Å². The highest BCUT2D eigenvalue weighted by molar-refractivity contribution is 7.91. The van der Waals surface area contributed by atoms with Crippen LogP contribution in [-0.2, 0) is 19.9 Å². The van der Waals surface area contributed by atoms with E-state index >= 15 is 0 Å². The average molecular weight is 540 g/mol. The lowest BCUT2D eigenvalue weighted by molar-refractivity contribution is -0.385. The Morgan fingerprint density at radius 1 is 1.11 bits per heavy atom. The standard InChI is InChI=1S/C20H21N5O7S3/c1-34(28,29)16-6-4-14(5-7-16)23-19-18(25(26)27)20(22-13-21-19)32-15-8-10-24(11-9-15)35(30,31)17-3-2-12-33-17/h2-7,12-13,15H,8-11H2,1H3,(H,21,22,23). The molecule has 4 rings (SSSR count). The van der Waals surface area contributed by atoms with Crippen molar-refractivity contribution < 1.29 is 26.5 Å². The minimum Gasteiger partial charge on any atom is -0.469 e. The van der Waals surface area contributed by atoms with Crippen molar-refractivity contribution in [1.82, 2.24) is 14.3 Å². The van der Waals surface area contributed by atoms with Crippen LogP contribution in [0.4, 0.5) is 17.2 Å². The van der Waals surface area contributed by atoms with E-state index in [9.17, 15) is 26.9 Å². The molecule has 1 aliphatic rings. The van der Waals surface area contributed by atoms with E-state index in [0.29, 0.717) is 18.5 Å². The lowest BCUT2D eigenvalue weighted by Gasteiger charge is -2.30. The number of ether oxygens (including phenoxy) is 1. The summed E-state index contributed by atoms with van der Waals surface area (Å²) in [5.41, 5.74) is -0.0921. The summed E-state index contributed by atoms with van der Waals surface area (Å²) in [6.07, 6.45) is 2.39. The second-order valence-corrected chi connectivity index (χ2v) is 12.8. The molecule has 12 nitrogen and oxygen atoms in total. The summed E-state index contributed by atoms with van der Waals surface area (Å²) >= 11 is 1.15. The highest BCUT2D eigenvalue weighted by atomic mass is 32.2. The van der Waals surface area contributed by atoms with Crippen LogP contribution in [0.15, 0.2) is 57.2 Å². The summed E-state index contributed by atoms with van der Waals surface area (Å²) < 4.78 is 56.1. The second kappa shape index (κ2) is 9.85. The van der Waals surface area contributed by atoms with Crippen LogP contribution in [0, 0.1) is 10.1 Å². The van der Waals surface area contributed by atoms with E-state index in [4.69, 9.17) is 4.74 Å². The lowest BCUT2D eigenvalue weighted by atomic mass is 10.1. The van der Waals surface area contributed by atoms with Gasteiger partial charge in [-0.2, -0.15) is 9.29 Å². The number of benzene rings is 1. The fraction of sp³-hybridized carbons (Fsp3) is 0.300. The van der Waals surface area contributed by atoms with Crippen molar-refractivity contribution in [2.75, 3.05) is 24.7 Å². The number of sulfonamides is 1. The Morgan fingerprint density at radius 2 is 1.80 bits per heavy atom. The molecule has 0 atom stereocenters. The Bertz CT molecular complexity index is 1420. The monoisotopic (exact) mass is 539 g/mol. The number of rotatable bonds is 8. The Labute approximate surface area is 205 Å². The summed E-state index contributed by atoms with van der Waals surface area (Å²) in [7, 11) is -6.96. The summed E-state index contributed by atoms with van der Waals surface area (Å²) in [5, 5.41) is 16.3. The van der Waals surface area contributed by atoms with Gasteiger partial charge in [-0.05, 0) is 48.6 Å². The maximum Gasteiger partial charge on any atom is 0.373 e. The molecule has 1 saturated heterocycles. The van der Waals surface area contributed by atoms with Gasteiger partial charge in [-0.15, -0.1) is 11.3 Å². The number of hydrogen-bond acceptors (Lipinski definition) is 11. The fourth-order valence-corrected chi connectivity index (χ4v) is 6.76. The molecule has 1 aliphatic heterocycles. The maximum absolute atomic E-state index is 12.7. The first kappa shape index (κ1) is 25.0. The smallest absolute Gasteiger partial charge is 0.373 e. The highest BCUT2D eigenvalue weighted by Crippen LogP contribution is 2.35. The first-order valence-electron chi connectivity index (χ1n) is 10.3. The van der Waals surface area contributed by atoms with Crippen LogP contribution in [0.25, 0.3) is 0 Å². The third kappa shape index (κ3) is 5.58. The molecule has 15 heteroatoms. The van der Waals surface area contributed by atoms with Gasteiger partial charge < -0.3 is 10.1 Å². The van der Waals surface area contributed by atoms with Crippen LogP contribution >= 0.6 is 11.3 Å². The molecular formula is C20H21N5O7S3. The van der Waals surface area contributed by atoms with Gasteiger partial charge in [0, 0.05) is 25.0 Å². The summed E-state index contributed by atoms with van der Waals surface area (Å²) in [6.45, 7) is 0.420. The van der Waals surface area contributed by atoms with Crippen LogP contribution in [0.2, 0.25) is 0 Å². The summed E-state index contributed by atoms with van der Waals surface area (Å²) in [5.74, 6) is -0.357. The normalized spacial score (nSPS) is 15.6. The topological polar surface area (TPSA) is 162 Å². The fourth-order valence-electron chi connectivity index (χ4n) is 3.51. The molecule has 0 spiro atoms. The third-order valence-electron chi connectivity index (χ3n) is 5.28. The molecule has 1 aromatic carbocycles. The number of piperidine rings is 1. The number of anilines is 2. The van der Waals surface area contributed by atoms with E-state index in [0.717, 1.165) is 23.9 Å². The van der Waals surface area contributed by atoms with E-state index in [2.05, 4.69) is 15.3 Å². The second-order valence-electron chi connectivity index (χ2n) is 7.71. The summed E-state index contributed by atoms with van der Waals surface area (Å²) in [4.78, 5) is 19.1. The van der Waals surface area contributed by atoms with E-state index in [1.165, 1.54) is 28.6 Å². The van der Waals surface area contributed by atoms with Gasteiger partial charge in [-0.3, -0.25) is 10.1 Å². The van der Waals surface area contributed by atoms with Gasteiger partial charge in [-0.1, -0.05) is 6.07 Å². The van der Waals surface area contributed by atoms with Gasteiger partial charge in [0.2, 0.25) is 5.82 Å². The predicted molar refractivity (Wildman–Crippen MR) is 128 cm³/mol. The van der Waals surface area contributed by atoms with Crippen LogP contribution in [-0.4, -0.2) is 61.5 Å². The lowest BCUT2D eigenvalue weighted by Crippen LogP contribution is -2.41. The molecule has 3 aromatic rings. The molecule has 35 heavy (non-hydrogen) atoms. The van der Waals surface area contributed by atoms with Gasteiger partial charge >= 0.3 is 5.69 Å². The number of thiophene rings is 1. The number of nitrogens with zero attached hydrogens (tertiary/aromatic N) is 4. The molecule has 0 amide bonds. The number of sulfone groups is 1. The largest absolute Gasteiger partial charge is 0.469 e. The summed E-state index contributed by atoms with van der Waals surface area (Å²) in [6, 6.07) is 8.91. The van der Waals surface area contributed by atoms with Crippen LogP contribution < -0.4 is 10.1 Å². The van der Waals surface area contributed by atoms with Gasteiger partial charge in [0.25, 0.3) is 15.9 Å². The zero-order valence-corrected chi connectivity index (χ0v) is 20.8. The first-order chi connectivity index (χ1) is 16.6. The van der Waals surface area contributed by atoms with Gasteiger partial charge in [0.1, 0.15) is 16.6 Å². The van der Waals surface area contributed by atoms with Crippen molar-refractivity contribution in [1.29, 1.82) is 0 Å². The highest BCUT2D eigenvalue weighted by Gasteiger charge is 2.33. The minimum atomic E-state index is -3.58. The van der Waals surface area contributed by atoms with E-state index in [-0.39, 0.29) is 33.9 Å². The number of aromatic nitrogens is 2. The van der Waals surface area contributed by atoms with Gasteiger partial charge in [0.05, 0.1) is 9.82 Å². The zero-order chi connectivity index (χ0) is 25.2. The maximum atomic E-state index is 12.7. The SMILES string of the molecule is CS(=O)(=O)c1ccc(Nc2ncnc(OC3CCN(S(=O)(=O)c4cccs4)CC3)c2[N+](=O)[O-])cc1. The molecule has 186 valence electrons. The minimum absolute atomic E-state index is 0.108. The predicted octanol–water partition coefficient (Wildman–Crippen LogP) is 2.83. The zero-order valence-electron chi connectivity index (χ0n) is 18.4. The number of hydrogen-bond donors (Lipinski definition) is 1. The van der Waals surface area contributed by atoms with Crippen molar-refractivity contribution >= 4 is 48.4 Å². The molecule has 0 aliphatic carbocycles. The Morgan fingerprint density at radius 3 is 2.37 bits per heavy atom. The third-order valence-corrected chi connectivity index (χ3v) is 9.69. The van der Waals surface area contributed by atoms with Crippen molar-refractivity contribution in [3.05, 3.63) is 58.2 Å². The van der Waals surface area contributed by atoms with Crippen molar-refractivity contribution in [2.24, 2.45) is 0 Å². The molecule has 3 heterocycles. The molecule has 0 unspecified atom stereocenters. The molecule has 2 aromatic heterocycles. The molecule has 1 N–H and O–H groups in total. The van der Waals surface area contributed by atoms with Crippen molar-refractivity contribution in [3.63, 3.8) is 0 Å². The van der Waals surface area contributed by atoms with Crippen LogP contribution in [0.5, 0.6) is 5.88 Å². The van der Waals surface area contributed by atoms with E-state index in [1.807, 2.05) is 0 Å². The van der Waals surface area contributed by atoms with Crippen LogP contribution in [0.1, 0.15) is 12.8 Å². The van der Waals surface area contributed by atoms with Gasteiger partial charge in [-0.25, -0.2) is 21.8 Å². The molecular weight excluding hydrogens is 518 g/mol. The van der Waals surface area contributed by atoms with E-state index < -0.39 is 36.6 Å². The van der Waals surface area contributed by atoms with Gasteiger partial charge in [0.15, 0.2) is 9.84 Å². The molecule has 0 bridgehead atoms. The van der Waals surface area contributed by atoms with E-state index in [1.54, 1.807) is 17.5 Å². The first-order valence-corrected chi connectivity index (χ1v) is 14.5. The quantitative estimate of drug-likeness (QED) is 0.333. The van der Waals surface area contributed by atoms with Crippen molar-refractivity contribution in [3.8, 4) is 5.88 Å².